The molecule has 1 aliphatic heterocycles. The summed E-state index contributed by atoms with van der Waals surface area (Å²) in [7, 11) is 1.86. The molecule has 2 unspecified atom stereocenters. The van der Waals surface area contributed by atoms with E-state index < -0.39 is 37.2 Å². The lowest BCUT2D eigenvalue weighted by atomic mass is 9.92. The molecule has 5 N–H and O–H groups in total. The molecule has 4 aromatic carbocycles. The Morgan fingerprint density at radius 2 is 1.13 bits per heavy atom. The van der Waals surface area contributed by atoms with Crippen LogP contribution in [0, 0.1) is 10.8 Å². The molecule has 16 heteroatoms. The Morgan fingerprint density at radius 1 is 0.714 bits per heavy atom. The van der Waals surface area contributed by atoms with E-state index in [2.05, 4.69) is 54.1 Å². The summed E-state index contributed by atoms with van der Waals surface area (Å²) < 4.78 is 15.4. The summed E-state index contributed by atoms with van der Waals surface area (Å²) in [5, 5.41) is 24.0. The summed E-state index contributed by atoms with van der Waals surface area (Å²) in [6.07, 6.45) is 1.28. The highest BCUT2D eigenvalue weighted by atomic mass is 32.2. The van der Waals surface area contributed by atoms with Gasteiger partial charge in [0.05, 0.1) is 0 Å². The van der Waals surface area contributed by atoms with E-state index in [1.165, 1.54) is 0 Å². The van der Waals surface area contributed by atoms with E-state index in [1.54, 1.807) is 48.2 Å². The average molecular weight is 883 g/mol. The zero-order valence-corrected chi connectivity index (χ0v) is 37.3. The molecule has 0 bridgehead atoms. The van der Waals surface area contributed by atoms with Crippen LogP contribution in [0.3, 0.4) is 0 Å². The number of ether oxygens (including phenoxy) is 3. The number of nitrogens with one attached hydrogen (secondary N) is 4. The van der Waals surface area contributed by atoms with Gasteiger partial charge in [-0.1, -0.05) is 76.2 Å². The number of carbonyl (C=O) groups is 4. The summed E-state index contributed by atoms with van der Waals surface area (Å²) >= 11 is 1.74. The number of rotatable bonds is 21. The van der Waals surface area contributed by atoms with Gasteiger partial charge in [0.15, 0.2) is 0 Å². The molecular weight excluding hydrogens is 825 g/mol. The predicted octanol–water partition coefficient (Wildman–Crippen LogP) is 9.26. The van der Waals surface area contributed by atoms with Gasteiger partial charge in [0.2, 0.25) is 5.91 Å². The summed E-state index contributed by atoms with van der Waals surface area (Å²) in [4.78, 5) is 63.2. The molecule has 0 aromatic heterocycles. The fraction of sp³-hybridized carbons (Fsp3) is 0.404. The Labute approximate surface area is 373 Å². The van der Waals surface area contributed by atoms with Gasteiger partial charge in [-0.3, -0.25) is 20.7 Å². The zero-order chi connectivity index (χ0) is 45.4. The number of likely N-dealkylation sites (tertiary alicyclic amines) is 1. The number of carbonyl (C=O) groups excluding carboxylic acids is 4. The monoisotopic (exact) mass is 882 g/mol. The van der Waals surface area contributed by atoms with Gasteiger partial charge in [-0.25, -0.2) is 14.4 Å². The standard InChI is InChI=1S/C47H58N6O9S/c1-32(2)41(53-24-6-7-42(53)54)29-46(3,4)63-26-25-60-43(55)49-38-18-10-35(11-19-38)28-36-14-22-40(23-15-36)51-45(57)62-31-47(58,52-59)30-61-44(56)50-39-20-12-34(13-21-39)27-33-8-16-37(48-5)17-9-33/h8-23,32,41,48,58H,6-7,24-31H2,1-5H3,(H,49,55)(H,50,56)(H,51,57). The molecule has 1 aliphatic rings. The highest BCUT2D eigenvalue weighted by Gasteiger charge is 2.35. The number of anilines is 4. The lowest BCUT2D eigenvalue weighted by Crippen LogP contribution is -2.43. The van der Waals surface area contributed by atoms with Crippen molar-refractivity contribution in [1.29, 1.82) is 0 Å². The van der Waals surface area contributed by atoms with E-state index in [1.807, 2.05) is 72.6 Å². The molecule has 15 nitrogen and oxygen atoms in total. The van der Waals surface area contributed by atoms with E-state index >= 15 is 0 Å². The van der Waals surface area contributed by atoms with Crippen LogP contribution in [0.5, 0.6) is 0 Å². The van der Waals surface area contributed by atoms with E-state index in [0.717, 1.165) is 47.3 Å². The number of hydrogen-bond acceptors (Lipinski definition) is 12. The van der Waals surface area contributed by atoms with E-state index in [9.17, 15) is 29.2 Å². The Hall–Kier alpha value is -6.13. The maximum Gasteiger partial charge on any atom is 0.411 e. The zero-order valence-electron chi connectivity index (χ0n) is 36.5. The lowest BCUT2D eigenvalue weighted by Gasteiger charge is -2.37. The molecule has 1 saturated heterocycles. The first-order valence-electron chi connectivity index (χ1n) is 21.0. The van der Waals surface area contributed by atoms with Crippen molar-refractivity contribution in [3.8, 4) is 0 Å². The fourth-order valence-corrected chi connectivity index (χ4v) is 8.05. The second kappa shape index (κ2) is 22.8. The van der Waals surface area contributed by atoms with Crippen molar-refractivity contribution in [2.24, 2.45) is 11.1 Å². The molecule has 0 spiro atoms. The van der Waals surface area contributed by atoms with Crippen molar-refractivity contribution in [2.75, 3.05) is 60.4 Å². The molecule has 63 heavy (non-hydrogen) atoms. The molecule has 5 rings (SSSR count). The quantitative estimate of drug-likeness (QED) is 0.0304. The lowest BCUT2D eigenvalue weighted by molar-refractivity contribution is -0.130. The van der Waals surface area contributed by atoms with Crippen LogP contribution < -0.4 is 21.3 Å². The highest BCUT2D eigenvalue weighted by molar-refractivity contribution is 8.00. The average Bonchev–Trinajstić information content (AvgIpc) is 3.70. The fourth-order valence-electron chi connectivity index (χ4n) is 7.04. The van der Waals surface area contributed by atoms with Crippen LogP contribution in [-0.2, 0) is 31.8 Å². The first-order chi connectivity index (χ1) is 30.1. The number of nitroso groups, excluding NO2 is 1. The van der Waals surface area contributed by atoms with Gasteiger partial charge < -0.3 is 29.5 Å². The van der Waals surface area contributed by atoms with Crippen LogP contribution in [-0.4, -0.2) is 89.9 Å². The van der Waals surface area contributed by atoms with Crippen molar-refractivity contribution in [3.05, 3.63) is 124 Å². The second-order valence-electron chi connectivity index (χ2n) is 16.4. The molecule has 0 aliphatic carbocycles. The van der Waals surface area contributed by atoms with Gasteiger partial charge in [0.1, 0.15) is 19.8 Å². The van der Waals surface area contributed by atoms with Crippen LogP contribution >= 0.6 is 11.8 Å². The molecule has 4 aromatic rings. The minimum Gasteiger partial charge on any atom is -0.448 e. The minimum absolute atomic E-state index is 0.0864. The van der Waals surface area contributed by atoms with Crippen molar-refractivity contribution in [3.63, 3.8) is 0 Å². The predicted molar refractivity (Wildman–Crippen MR) is 247 cm³/mol. The Balaban J connectivity index is 0.968. The second-order valence-corrected chi connectivity index (χ2v) is 18.2. The summed E-state index contributed by atoms with van der Waals surface area (Å²) in [5.41, 5.74) is 4.04. The van der Waals surface area contributed by atoms with Crippen molar-refractivity contribution in [2.45, 2.75) is 76.3 Å². The number of benzene rings is 4. The molecule has 336 valence electrons. The largest absolute Gasteiger partial charge is 0.448 e. The van der Waals surface area contributed by atoms with Crippen molar-refractivity contribution in [1.82, 2.24) is 4.90 Å². The van der Waals surface area contributed by atoms with Gasteiger partial charge in [0, 0.05) is 59.3 Å². The number of nitrogens with zero attached hydrogens (tertiary/aromatic N) is 2. The minimum atomic E-state index is -2.51. The summed E-state index contributed by atoms with van der Waals surface area (Å²) in [6.45, 7) is 8.05. The van der Waals surface area contributed by atoms with Crippen LogP contribution in [0.25, 0.3) is 0 Å². The topological polar surface area (TPSA) is 197 Å². The van der Waals surface area contributed by atoms with Gasteiger partial charge in [0.25, 0.3) is 5.72 Å². The van der Waals surface area contributed by atoms with Crippen LogP contribution in [0.4, 0.5) is 37.1 Å². The smallest absolute Gasteiger partial charge is 0.411 e. The van der Waals surface area contributed by atoms with Crippen molar-refractivity contribution >= 4 is 58.7 Å². The Morgan fingerprint density at radius 3 is 1.49 bits per heavy atom. The van der Waals surface area contributed by atoms with E-state index in [0.29, 0.717) is 48.0 Å². The third-order valence-corrected chi connectivity index (χ3v) is 11.8. The number of hydrogen-bond donors (Lipinski definition) is 5. The first-order valence-corrected chi connectivity index (χ1v) is 22.0. The molecule has 0 radical (unpaired) electrons. The number of aliphatic hydroxyl groups is 1. The molecular formula is C47H58N6O9S. The van der Waals surface area contributed by atoms with Crippen molar-refractivity contribution < 1.29 is 38.5 Å². The van der Waals surface area contributed by atoms with Gasteiger partial charge in [-0.15, -0.1) is 4.91 Å². The van der Waals surface area contributed by atoms with Crippen LogP contribution in [0.15, 0.2) is 102 Å². The SMILES string of the molecule is CNc1ccc(Cc2ccc(NC(=O)OCC(O)(COC(=O)Nc3ccc(Cc4ccc(NC(=O)OCCSC(C)(C)CC(C(C)C)N5CCCC5=O)cc4)cc3)N=O)cc2)cc1. The molecule has 2 atom stereocenters. The van der Waals surface area contributed by atoms with E-state index in [-0.39, 0.29) is 23.3 Å². The number of thioether (sulfide) groups is 1. The van der Waals surface area contributed by atoms with Gasteiger partial charge in [-0.05, 0) is 108 Å². The third kappa shape index (κ3) is 15.6. The molecule has 4 amide bonds. The molecule has 1 heterocycles. The maximum atomic E-state index is 12.5. The first kappa shape index (κ1) is 47.9. The normalized spacial score (nSPS) is 14.0. The van der Waals surface area contributed by atoms with Crippen LogP contribution in [0.2, 0.25) is 0 Å². The highest BCUT2D eigenvalue weighted by Crippen LogP contribution is 2.34. The Kier molecular flexibility index (Phi) is 17.3. The number of amides is 4. The van der Waals surface area contributed by atoms with Gasteiger partial charge >= 0.3 is 18.3 Å². The van der Waals surface area contributed by atoms with Gasteiger partial charge in [-0.2, -0.15) is 11.8 Å². The Bertz CT molecular complexity index is 2130. The molecule has 1 fully saturated rings. The van der Waals surface area contributed by atoms with Crippen LogP contribution in [0.1, 0.15) is 69.2 Å². The van der Waals surface area contributed by atoms with E-state index in [4.69, 9.17) is 14.2 Å². The third-order valence-electron chi connectivity index (χ3n) is 10.5. The molecule has 0 saturated carbocycles. The summed E-state index contributed by atoms with van der Waals surface area (Å²) in [6, 6.07) is 29.7. The maximum absolute atomic E-state index is 12.5. The summed E-state index contributed by atoms with van der Waals surface area (Å²) in [5.74, 6) is 1.24.